The molecule has 2 aliphatic rings. The zero-order valence-electron chi connectivity index (χ0n) is 13.0. The van der Waals surface area contributed by atoms with E-state index in [-0.39, 0.29) is 5.91 Å². The Labute approximate surface area is 136 Å². The number of aryl methyl sites for hydroxylation is 1. The van der Waals surface area contributed by atoms with Crippen LogP contribution < -0.4 is 0 Å². The Morgan fingerprint density at radius 3 is 2.59 bits per heavy atom. The molecule has 1 aromatic heterocycles. The van der Waals surface area contributed by atoms with Gasteiger partial charge in [0.15, 0.2) is 0 Å². The van der Waals surface area contributed by atoms with Crippen molar-refractivity contribution in [3.63, 3.8) is 0 Å². The Balaban J connectivity index is 1.68. The number of sulfonamides is 1. The molecule has 1 aromatic rings. The summed E-state index contributed by atoms with van der Waals surface area (Å²) in [5.41, 5.74) is 1.34. The molecule has 0 saturated carbocycles. The third-order valence-corrected chi connectivity index (χ3v) is 7.06. The largest absolute Gasteiger partial charge is 0.335 e. The van der Waals surface area contributed by atoms with E-state index in [4.69, 9.17) is 0 Å². The molecular weight excluding hydrogens is 320 g/mol. The zero-order valence-corrected chi connectivity index (χ0v) is 14.7. The molecule has 0 N–H and O–H groups in total. The van der Waals surface area contributed by atoms with Gasteiger partial charge in [-0.2, -0.15) is 4.31 Å². The number of carbonyl (C=O) groups is 1. The van der Waals surface area contributed by atoms with Crippen LogP contribution in [0.15, 0.2) is 6.07 Å². The maximum absolute atomic E-state index is 12.6. The molecule has 122 valence electrons. The topological polar surface area (TPSA) is 57.7 Å². The van der Waals surface area contributed by atoms with Crippen molar-refractivity contribution in [2.45, 2.75) is 26.2 Å². The average Bonchev–Trinajstić information content (AvgIpc) is 2.88. The summed E-state index contributed by atoms with van der Waals surface area (Å²) in [7, 11) is -3.15. The summed E-state index contributed by atoms with van der Waals surface area (Å²) in [5.74, 6) is 0.753. The number of carbonyl (C=O) groups excluding carboxylic acids is 1. The van der Waals surface area contributed by atoms with Gasteiger partial charge in [0.05, 0.1) is 11.1 Å². The van der Waals surface area contributed by atoms with Crippen molar-refractivity contribution in [3.8, 4) is 0 Å². The highest BCUT2D eigenvalue weighted by Gasteiger charge is 2.28. The monoisotopic (exact) mass is 342 g/mol. The molecule has 1 amide bonds. The molecule has 2 heterocycles. The molecule has 0 spiro atoms. The van der Waals surface area contributed by atoms with Gasteiger partial charge < -0.3 is 4.90 Å². The van der Waals surface area contributed by atoms with Gasteiger partial charge in [-0.25, -0.2) is 8.42 Å². The molecule has 5 nitrogen and oxygen atoms in total. The van der Waals surface area contributed by atoms with Gasteiger partial charge in [-0.1, -0.05) is 6.92 Å². The van der Waals surface area contributed by atoms with Crippen LogP contribution >= 0.6 is 11.3 Å². The molecular formula is C15H22N2O3S2. The maximum Gasteiger partial charge on any atom is 0.264 e. The summed E-state index contributed by atoms with van der Waals surface area (Å²) >= 11 is 1.62. The van der Waals surface area contributed by atoms with E-state index in [1.807, 2.05) is 0 Å². The Bertz CT molecular complexity index is 673. The second kappa shape index (κ2) is 5.94. The van der Waals surface area contributed by atoms with Crippen molar-refractivity contribution in [1.29, 1.82) is 0 Å². The fraction of sp³-hybridized carbons (Fsp3) is 0.667. The van der Waals surface area contributed by atoms with E-state index in [0.717, 1.165) is 17.7 Å². The highest BCUT2D eigenvalue weighted by atomic mass is 32.2. The number of fused-ring (bicyclic) bond motifs is 1. The van der Waals surface area contributed by atoms with E-state index in [9.17, 15) is 13.2 Å². The lowest BCUT2D eigenvalue weighted by Gasteiger charge is -2.33. The third kappa shape index (κ3) is 3.21. The fourth-order valence-electron chi connectivity index (χ4n) is 3.19. The van der Waals surface area contributed by atoms with Gasteiger partial charge in [0.2, 0.25) is 10.0 Å². The molecule has 1 saturated heterocycles. The lowest BCUT2D eigenvalue weighted by atomic mass is 9.90. The van der Waals surface area contributed by atoms with Gasteiger partial charge in [-0.3, -0.25) is 4.79 Å². The minimum atomic E-state index is -3.15. The van der Waals surface area contributed by atoms with Gasteiger partial charge in [0.1, 0.15) is 0 Å². The molecule has 1 aliphatic heterocycles. The van der Waals surface area contributed by atoms with Crippen molar-refractivity contribution in [2.24, 2.45) is 5.92 Å². The Morgan fingerprint density at radius 2 is 1.95 bits per heavy atom. The van der Waals surface area contributed by atoms with Crippen LogP contribution in [0.5, 0.6) is 0 Å². The van der Waals surface area contributed by atoms with Crippen LogP contribution in [0.1, 0.15) is 33.5 Å². The second-order valence-electron chi connectivity index (χ2n) is 6.36. The smallest absolute Gasteiger partial charge is 0.264 e. The highest BCUT2D eigenvalue weighted by molar-refractivity contribution is 7.88. The summed E-state index contributed by atoms with van der Waals surface area (Å²) in [6.07, 6.45) is 4.57. The van der Waals surface area contributed by atoms with Gasteiger partial charge >= 0.3 is 0 Å². The highest BCUT2D eigenvalue weighted by Crippen LogP contribution is 2.32. The minimum Gasteiger partial charge on any atom is -0.335 e. The number of thiophene rings is 1. The molecule has 1 aliphatic carbocycles. The Hall–Kier alpha value is -0.920. The van der Waals surface area contributed by atoms with Crippen molar-refractivity contribution < 1.29 is 13.2 Å². The maximum atomic E-state index is 12.6. The summed E-state index contributed by atoms with van der Waals surface area (Å²) in [6, 6.07) is 2.06. The molecule has 1 fully saturated rings. The van der Waals surface area contributed by atoms with Gasteiger partial charge in [0.25, 0.3) is 5.91 Å². The van der Waals surface area contributed by atoms with Crippen LogP contribution in [0.25, 0.3) is 0 Å². The first-order valence-corrected chi connectivity index (χ1v) is 10.4. The van der Waals surface area contributed by atoms with E-state index < -0.39 is 10.0 Å². The Morgan fingerprint density at radius 1 is 1.27 bits per heavy atom. The second-order valence-corrected chi connectivity index (χ2v) is 9.48. The predicted octanol–water partition coefficient (Wildman–Crippen LogP) is 1.59. The van der Waals surface area contributed by atoms with Crippen molar-refractivity contribution >= 4 is 27.3 Å². The normalized spacial score (nSPS) is 23.4. The first-order chi connectivity index (χ1) is 10.3. The van der Waals surface area contributed by atoms with Crippen LogP contribution in [0, 0.1) is 5.92 Å². The average molecular weight is 342 g/mol. The molecule has 7 heteroatoms. The summed E-state index contributed by atoms with van der Waals surface area (Å²) < 4.78 is 24.5. The molecule has 1 atom stereocenters. The van der Waals surface area contributed by atoms with Crippen LogP contribution in [-0.2, 0) is 22.9 Å². The van der Waals surface area contributed by atoms with Crippen LogP contribution in [-0.4, -0.2) is 56.0 Å². The number of hydrogen-bond acceptors (Lipinski definition) is 4. The minimum absolute atomic E-state index is 0.0557. The molecule has 3 rings (SSSR count). The fourth-order valence-corrected chi connectivity index (χ4v) is 5.19. The van der Waals surface area contributed by atoms with Crippen molar-refractivity contribution in [3.05, 3.63) is 21.4 Å². The molecule has 0 aromatic carbocycles. The Kier molecular flexibility index (Phi) is 4.31. The lowest BCUT2D eigenvalue weighted by molar-refractivity contribution is 0.0703. The summed E-state index contributed by atoms with van der Waals surface area (Å²) in [4.78, 5) is 16.6. The van der Waals surface area contributed by atoms with E-state index >= 15 is 0 Å². The van der Waals surface area contributed by atoms with Gasteiger partial charge in [-0.05, 0) is 36.8 Å². The number of hydrogen-bond donors (Lipinski definition) is 0. The molecule has 0 radical (unpaired) electrons. The van der Waals surface area contributed by atoms with Gasteiger partial charge in [-0.15, -0.1) is 11.3 Å². The van der Waals surface area contributed by atoms with E-state index in [2.05, 4.69) is 13.0 Å². The van der Waals surface area contributed by atoms with Gasteiger partial charge in [0, 0.05) is 31.1 Å². The number of rotatable bonds is 2. The number of nitrogens with zero attached hydrogens (tertiary/aromatic N) is 2. The third-order valence-electron chi connectivity index (χ3n) is 4.53. The quantitative estimate of drug-likeness (QED) is 0.820. The van der Waals surface area contributed by atoms with E-state index in [1.54, 1.807) is 16.2 Å². The lowest BCUT2D eigenvalue weighted by Crippen LogP contribution is -2.50. The SMILES string of the molecule is CC1CCc2sc(C(=O)N3CCN(S(C)(=O)=O)CC3)cc2C1. The van der Waals surface area contributed by atoms with E-state index in [0.29, 0.717) is 32.1 Å². The standard InChI is InChI=1S/C15H22N2O3S2/c1-11-3-4-13-12(9-11)10-14(21-13)15(18)16-5-7-17(8-6-16)22(2,19)20/h10-11H,3-9H2,1-2H3. The predicted molar refractivity (Wildman–Crippen MR) is 87.8 cm³/mol. The first-order valence-electron chi connectivity index (χ1n) is 7.70. The molecule has 22 heavy (non-hydrogen) atoms. The summed E-state index contributed by atoms with van der Waals surface area (Å²) in [5, 5.41) is 0. The van der Waals surface area contributed by atoms with Crippen molar-refractivity contribution in [2.75, 3.05) is 32.4 Å². The van der Waals surface area contributed by atoms with Crippen LogP contribution in [0.2, 0.25) is 0 Å². The zero-order chi connectivity index (χ0) is 15.9. The summed E-state index contributed by atoms with van der Waals surface area (Å²) in [6.45, 7) is 4.00. The van der Waals surface area contributed by atoms with E-state index in [1.165, 1.54) is 27.4 Å². The number of amides is 1. The van der Waals surface area contributed by atoms with Crippen molar-refractivity contribution in [1.82, 2.24) is 9.21 Å². The van der Waals surface area contributed by atoms with Crippen LogP contribution in [0.3, 0.4) is 0 Å². The molecule has 0 bridgehead atoms. The number of piperazine rings is 1. The molecule has 1 unspecified atom stereocenters. The first kappa shape index (κ1) is 16.0. The van der Waals surface area contributed by atoms with Crippen LogP contribution in [0.4, 0.5) is 0 Å².